The Kier molecular flexibility index (Phi) is 5.23. The van der Waals surface area contributed by atoms with Crippen LogP contribution in [0.3, 0.4) is 0 Å². The zero-order valence-electron chi connectivity index (χ0n) is 16.3. The highest BCUT2D eigenvalue weighted by molar-refractivity contribution is 7.12. The van der Waals surface area contributed by atoms with Gasteiger partial charge in [-0.05, 0) is 38.8 Å². The van der Waals surface area contributed by atoms with E-state index in [1.165, 1.54) is 9.75 Å². The fraction of sp³-hybridized carbons (Fsp3) is 0.400. The fourth-order valence-corrected chi connectivity index (χ4v) is 4.51. The Balaban J connectivity index is 1.74. The molecule has 4 heterocycles. The van der Waals surface area contributed by atoms with Gasteiger partial charge in [0.15, 0.2) is 0 Å². The summed E-state index contributed by atoms with van der Waals surface area (Å²) in [5.41, 5.74) is 3.17. The molecule has 0 N–H and O–H groups in total. The van der Waals surface area contributed by atoms with Gasteiger partial charge in [0.2, 0.25) is 0 Å². The van der Waals surface area contributed by atoms with Crippen molar-refractivity contribution in [3.05, 3.63) is 45.5 Å². The second kappa shape index (κ2) is 7.81. The molecule has 0 aliphatic carbocycles. The molecule has 0 atom stereocenters. The minimum Gasteiger partial charge on any atom is -0.378 e. The van der Waals surface area contributed by atoms with Crippen LogP contribution in [0.4, 0.5) is 0 Å². The van der Waals surface area contributed by atoms with Crippen molar-refractivity contribution in [3.63, 3.8) is 0 Å². The number of hydrogen-bond acceptors (Lipinski definition) is 6. The quantitative estimate of drug-likeness (QED) is 0.660. The maximum Gasteiger partial charge on any atom is 0.257 e. The van der Waals surface area contributed by atoms with Crippen molar-refractivity contribution in [2.75, 3.05) is 20.2 Å². The van der Waals surface area contributed by atoms with Crippen molar-refractivity contribution in [1.29, 1.82) is 0 Å². The van der Waals surface area contributed by atoms with Crippen LogP contribution >= 0.6 is 11.3 Å². The second-order valence-corrected chi connectivity index (χ2v) is 8.38. The van der Waals surface area contributed by atoms with Crippen molar-refractivity contribution in [3.8, 4) is 17.2 Å². The van der Waals surface area contributed by atoms with Crippen LogP contribution in [0.1, 0.15) is 38.6 Å². The molecule has 1 aliphatic heterocycles. The lowest BCUT2D eigenvalue weighted by molar-refractivity contribution is 0.0787. The third-order valence-corrected chi connectivity index (χ3v) is 5.89. The van der Waals surface area contributed by atoms with E-state index in [9.17, 15) is 4.79 Å². The number of rotatable bonds is 5. The molecule has 1 aliphatic rings. The number of amides is 1. The summed E-state index contributed by atoms with van der Waals surface area (Å²) < 4.78 is 6.97. The van der Waals surface area contributed by atoms with Crippen molar-refractivity contribution in [2.45, 2.75) is 33.3 Å². The highest BCUT2D eigenvalue weighted by Gasteiger charge is 2.26. The molecule has 146 valence electrons. The molecule has 0 aromatic carbocycles. The lowest BCUT2D eigenvalue weighted by atomic mass is 10.2. The molecule has 0 saturated carbocycles. The summed E-state index contributed by atoms with van der Waals surface area (Å²) >= 11 is 1.75. The van der Waals surface area contributed by atoms with Gasteiger partial charge in [-0.1, -0.05) is 0 Å². The monoisotopic (exact) mass is 397 g/mol. The lowest BCUT2D eigenvalue weighted by Gasteiger charge is -2.15. The van der Waals surface area contributed by atoms with Gasteiger partial charge in [0.05, 0.1) is 29.8 Å². The Morgan fingerprint density at radius 2 is 2.07 bits per heavy atom. The Hall–Kier alpha value is -2.58. The van der Waals surface area contributed by atoms with Crippen LogP contribution in [0.2, 0.25) is 0 Å². The number of hydrogen-bond donors (Lipinski definition) is 0. The van der Waals surface area contributed by atoms with Crippen molar-refractivity contribution in [1.82, 2.24) is 24.6 Å². The van der Waals surface area contributed by atoms with E-state index in [1.807, 2.05) is 11.0 Å². The molecular formula is C20H23N5O2S. The molecular weight excluding hydrogens is 374 g/mol. The van der Waals surface area contributed by atoms with Gasteiger partial charge in [-0.25, -0.2) is 9.97 Å². The fourth-order valence-electron chi connectivity index (χ4n) is 3.58. The Labute approximate surface area is 168 Å². The second-order valence-electron chi connectivity index (χ2n) is 6.92. The number of thiophene rings is 1. The predicted octanol–water partition coefficient (Wildman–Crippen LogP) is 3.39. The van der Waals surface area contributed by atoms with Crippen LogP contribution in [0.15, 0.2) is 24.5 Å². The molecule has 28 heavy (non-hydrogen) atoms. The van der Waals surface area contributed by atoms with E-state index in [0.29, 0.717) is 17.2 Å². The molecule has 0 spiro atoms. The number of ether oxygens (including phenoxy) is 1. The summed E-state index contributed by atoms with van der Waals surface area (Å²) in [4.78, 5) is 26.3. The van der Waals surface area contributed by atoms with Gasteiger partial charge < -0.3 is 9.64 Å². The number of likely N-dealkylation sites (tertiary alicyclic amines) is 1. The average Bonchev–Trinajstić information content (AvgIpc) is 3.42. The number of aryl methyl sites for hydroxylation is 2. The van der Waals surface area contributed by atoms with Gasteiger partial charge in [-0.2, -0.15) is 9.78 Å². The Bertz CT molecular complexity index is 1000. The van der Waals surface area contributed by atoms with E-state index in [4.69, 9.17) is 9.72 Å². The first-order chi connectivity index (χ1) is 13.6. The van der Waals surface area contributed by atoms with E-state index >= 15 is 0 Å². The highest BCUT2D eigenvalue weighted by Crippen LogP contribution is 2.29. The molecule has 8 heteroatoms. The molecule has 7 nitrogen and oxygen atoms in total. The molecule has 0 bridgehead atoms. The van der Waals surface area contributed by atoms with Crippen LogP contribution in [0.25, 0.3) is 17.2 Å². The number of carbonyl (C=O) groups is 1. The van der Waals surface area contributed by atoms with Crippen LogP contribution in [0, 0.1) is 13.8 Å². The third-order valence-electron chi connectivity index (χ3n) is 4.92. The minimum absolute atomic E-state index is 0.00346. The van der Waals surface area contributed by atoms with Gasteiger partial charge in [-0.15, -0.1) is 11.3 Å². The van der Waals surface area contributed by atoms with Crippen LogP contribution in [-0.2, 0) is 11.3 Å². The molecule has 1 amide bonds. The average molecular weight is 398 g/mol. The predicted molar refractivity (Wildman–Crippen MR) is 108 cm³/mol. The van der Waals surface area contributed by atoms with Crippen molar-refractivity contribution >= 4 is 17.2 Å². The number of nitrogens with zero attached hydrogens (tertiary/aromatic N) is 5. The highest BCUT2D eigenvalue weighted by atomic mass is 32.1. The molecule has 1 saturated heterocycles. The van der Waals surface area contributed by atoms with Gasteiger partial charge in [0, 0.05) is 41.7 Å². The van der Waals surface area contributed by atoms with Crippen LogP contribution in [-0.4, -0.2) is 50.8 Å². The van der Waals surface area contributed by atoms with E-state index in [1.54, 1.807) is 35.5 Å². The number of methoxy groups -OCH3 is 1. The largest absolute Gasteiger partial charge is 0.378 e. The molecule has 3 aromatic heterocycles. The third kappa shape index (κ3) is 3.45. The SMILES string of the molecule is COCc1c(C(=O)N2CCCC2)cnn1-c1nccc(-c2cc(C)sc2C)n1. The number of aromatic nitrogens is 4. The Morgan fingerprint density at radius 3 is 2.75 bits per heavy atom. The van der Waals surface area contributed by atoms with E-state index in [0.717, 1.165) is 37.2 Å². The van der Waals surface area contributed by atoms with Gasteiger partial charge in [0.25, 0.3) is 11.9 Å². The molecule has 0 radical (unpaired) electrons. The zero-order valence-corrected chi connectivity index (χ0v) is 17.1. The first kappa shape index (κ1) is 18.8. The van der Waals surface area contributed by atoms with E-state index < -0.39 is 0 Å². The van der Waals surface area contributed by atoms with Gasteiger partial charge >= 0.3 is 0 Å². The standard InChI is InChI=1S/C20H23N5O2S/c1-13-10-15(14(2)28-13)17-6-7-21-20(23-17)25-18(12-27-3)16(11-22-25)19(26)24-8-4-5-9-24/h6-7,10-11H,4-5,8-9,12H2,1-3H3. The van der Waals surface area contributed by atoms with Crippen LogP contribution in [0.5, 0.6) is 0 Å². The van der Waals surface area contributed by atoms with Crippen LogP contribution < -0.4 is 0 Å². The summed E-state index contributed by atoms with van der Waals surface area (Å²) in [5.74, 6) is 0.435. The normalized spacial score (nSPS) is 14.0. The Morgan fingerprint density at radius 1 is 1.29 bits per heavy atom. The topological polar surface area (TPSA) is 73.1 Å². The summed E-state index contributed by atoms with van der Waals surface area (Å²) in [7, 11) is 1.61. The smallest absolute Gasteiger partial charge is 0.257 e. The van der Waals surface area contributed by atoms with Crippen molar-refractivity contribution < 1.29 is 9.53 Å². The van der Waals surface area contributed by atoms with E-state index in [-0.39, 0.29) is 12.5 Å². The van der Waals surface area contributed by atoms with Gasteiger partial charge in [-0.3, -0.25) is 4.79 Å². The van der Waals surface area contributed by atoms with Crippen molar-refractivity contribution in [2.24, 2.45) is 0 Å². The first-order valence-corrected chi connectivity index (χ1v) is 10.2. The maximum atomic E-state index is 12.9. The molecule has 1 fully saturated rings. The first-order valence-electron chi connectivity index (χ1n) is 9.34. The summed E-state index contributed by atoms with van der Waals surface area (Å²) in [6.45, 7) is 6.02. The molecule has 0 unspecified atom stereocenters. The summed E-state index contributed by atoms with van der Waals surface area (Å²) in [5, 5.41) is 4.43. The molecule has 4 rings (SSSR count). The zero-order chi connectivity index (χ0) is 19.7. The minimum atomic E-state index is -0.00346. The summed E-state index contributed by atoms with van der Waals surface area (Å²) in [6.07, 6.45) is 5.42. The number of carbonyl (C=O) groups excluding carboxylic acids is 1. The molecule has 3 aromatic rings. The van der Waals surface area contributed by atoms with Gasteiger partial charge in [0.1, 0.15) is 0 Å². The summed E-state index contributed by atoms with van der Waals surface area (Å²) in [6, 6.07) is 4.03. The van der Waals surface area contributed by atoms with E-state index in [2.05, 4.69) is 30.0 Å². The maximum absolute atomic E-state index is 12.9. The lowest BCUT2D eigenvalue weighted by Crippen LogP contribution is -2.28.